The van der Waals surface area contributed by atoms with E-state index in [1.54, 1.807) is 30.3 Å². The third-order valence-corrected chi connectivity index (χ3v) is 4.07. The Bertz CT molecular complexity index is 809. The van der Waals surface area contributed by atoms with E-state index >= 15 is 0 Å². The molecule has 5 nitrogen and oxygen atoms in total. The second-order valence-corrected chi connectivity index (χ2v) is 6.01. The van der Waals surface area contributed by atoms with Crippen molar-refractivity contribution in [1.82, 2.24) is 5.32 Å². The number of rotatable bonds is 7. The SMILES string of the molecule is COC(=O)[C@@H](Cc1cccc(C(F)(F)F)c1)NC(=O)[C@@H](OC)c1ccccc1. The first-order chi connectivity index (χ1) is 13.3. The molecule has 0 unspecified atom stereocenters. The molecule has 2 aromatic carbocycles. The van der Waals surface area contributed by atoms with E-state index in [0.717, 1.165) is 19.2 Å². The number of hydrogen-bond acceptors (Lipinski definition) is 4. The van der Waals surface area contributed by atoms with Gasteiger partial charge in [-0.1, -0.05) is 48.5 Å². The van der Waals surface area contributed by atoms with Crippen LogP contribution in [0.25, 0.3) is 0 Å². The van der Waals surface area contributed by atoms with Crippen LogP contribution in [0, 0.1) is 0 Å². The van der Waals surface area contributed by atoms with Crippen LogP contribution >= 0.6 is 0 Å². The zero-order valence-corrected chi connectivity index (χ0v) is 15.3. The predicted octanol–water partition coefficient (Wildman–Crippen LogP) is 3.29. The molecule has 150 valence electrons. The highest BCUT2D eigenvalue weighted by atomic mass is 19.4. The number of alkyl halides is 3. The van der Waals surface area contributed by atoms with Crippen molar-refractivity contribution in [3.05, 3.63) is 71.3 Å². The number of benzene rings is 2. The van der Waals surface area contributed by atoms with Gasteiger partial charge in [-0.05, 0) is 17.2 Å². The lowest BCUT2D eigenvalue weighted by atomic mass is 10.0. The minimum absolute atomic E-state index is 0.159. The summed E-state index contributed by atoms with van der Waals surface area (Å²) in [5.74, 6) is -1.37. The van der Waals surface area contributed by atoms with Gasteiger partial charge in [0, 0.05) is 13.5 Å². The first-order valence-corrected chi connectivity index (χ1v) is 8.38. The van der Waals surface area contributed by atoms with E-state index in [1.165, 1.54) is 19.2 Å². The fourth-order valence-electron chi connectivity index (χ4n) is 2.72. The maximum Gasteiger partial charge on any atom is 0.416 e. The van der Waals surface area contributed by atoms with Gasteiger partial charge in [-0.2, -0.15) is 13.2 Å². The Morgan fingerprint density at radius 1 is 1.04 bits per heavy atom. The molecule has 0 saturated carbocycles. The number of carbonyl (C=O) groups excluding carboxylic acids is 2. The van der Waals surface area contributed by atoms with Crippen LogP contribution < -0.4 is 5.32 Å². The lowest BCUT2D eigenvalue weighted by Crippen LogP contribution is -2.45. The molecule has 0 fully saturated rings. The molecule has 1 amide bonds. The Morgan fingerprint density at radius 2 is 1.71 bits per heavy atom. The molecule has 0 aliphatic carbocycles. The summed E-state index contributed by atoms with van der Waals surface area (Å²) in [6.45, 7) is 0. The van der Waals surface area contributed by atoms with Gasteiger partial charge in [-0.15, -0.1) is 0 Å². The van der Waals surface area contributed by atoms with Crippen molar-refractivity contribution >= 4 is 11.9 Å². The standard InChI is InChI=1S/C20H20F3NO4/c1-27-17(14-8-4-3-5-9-14)18(25)24-16(19(26)28-2)12-13-7-6-10-15(11-13)20(21,22)23/h3-11,16-17H,12H2,1-2H3,(H,24,25)/t16-,17+/m1/s1. The van der Waals surface area contributed by atoms with Gasteiger partial charge in [-0.3, -0.25) is 4.79 Å². The first-order valence-electron chi connectivity index (χ1n) is 8.38. The van der Waals surface area contributed by atoms with Crippen LogP contribution in [0.3, 0.4) is 0 Å². The van der Waals surface area contributed by atoms with Crippen molar-refractivity contribution < 1.29 is 32.2 Å². The summed E-state index contributed by atoms with van der Waals surface area (Å²) in [7, 11) is 2.48. The lowest BCUT2D eigenvalue weighted by molar-refractivity contribution is -0.146. The molecule has 0 aromatic heterocycles. The van der Waals surface area contributed by atoms with Crippen LogP contribution in [0.15, 0.2) is 54.6 Å². The van der Waals surface area contributed by atoms with Crippen LogP contribution in [0.1, 0.15) is 22.8 Å². The molecule has 0 radical (unpaired) electrons. The van der Waals surface area contributed by atoms with Crippen LogP contribution in [-0.2, 0) is 31.7 Å². The molecule has 0 aliphatic rings. The third-order valence-electron chi connectivity index (χ3n) is 4.07. The van der Waals surface area contributed by atoms with Crippen molar-refractivity contribution in [1.29, 1.82) is 0 Å². The Balaban J connectivity index is 2.20. The lowest BCUT2D eigenvalue weighted by Gasteiger charge is -2.21. The number of amides is 1. The molecule has 0 bridgehead atoms. The van der Waals surface area contributed by atoms with E-state index in [-0.39, 0.29) is 12.0 Å². The molecule has 0 heterocycles. The summed E-state index contributed by atoms with van der Waals surface area (Å²) in [5, 5.41) is 2.50. The summed E-state index contributed by atoms with van der Waals surface area (Å²) in [6.07, 6.45) is -5.64. The Hall–Kier alpha value is -2.87. The van der Waals surface area contributed by atoms with E-state index in [4.69, 9.17) is 4.74 Å². The Labute approximate surface area is 160 Å². The van der Waals surface area contributed by atoms with Crippen molar-refractivity contribution in [2.75, 3.05) is 14.2 Å². The second kappa shape index (κ2) is 9.36. The van der Waals surface area contributed by atoms with Gasteiger partial charge in [0.05, 0.1) is 12.7 Å². The highest BCUT2D eigenvalue weighted by molar-refractivity contribution is 5.87. The molecule has 0 saturated heterocycles. The molecule has 2 atom stereocenters. The van der Waals surface area contributed by atoms with E-state index in [9.17, 15) is 22.8 Å². The highest BCUT2D eigenvalue weighted by Crippen LogP contribution is 2.29. The summed E-state index contributed by atoms with van der Waals surface area (Å²) in [6, 6.07) is 12.0. The van der Waals surface area contributed by atoms with Crippen molar-refractivity contribution in [2.24, 2.45) is 0 Å². The van der Waals surface area contributed by atoms with Gasteiger partial charge >= 0.3 is 12.1 Å². The summed E-state index contributed by atoms with van der Waals surface area (Å²) < 4.78 is 48.6. The van der Waals surface area contributed by atoms with Gasteiger partial charge in [0.1, 0.15) is 6.04 Å². The van der Waals surface area contributed by atoms with Gasteiger partial charge in [0.25, 0.3) is 5.91 Å². The van der Waals surface area contributed by atoms with Crippen LogP contribution in [-0.4, -0.2) is 32.1 Å². The highest BCUT2D eigenvalue weighted by Gasteiger charge is 2.31. The zero-order valence-electron chi connectivity index (χ0n) is 15.3. The van der Waals surface area contributed by atoms with E-state index in [1.807, 2.05) is 0 Å². The van der Waals surface area contributed by atoms with Crippen molar-refractivity contribution in [3.8, 4) is 0 Å². The third kappa shape index (κ3) is 5.56. The minimum Gasteiger partial charge on any atom is -0.467 e. The summed E-state index contributed by atoms with van der Waals surface area (Å²) >= 11 is 0. The monoisotopic (exact) mass is 395 g/mol. The normalized spacial score (nSPS) is 13.5. The second-order valence-electron chi connectivity index (χ2n) is 6.01. The molecular weight excluding hydrogens is 375 g/mol. The zero-order chi connectivity index (χ0) is 20.7. The topological polar surface area (TPSA) is 64.6 Å². The molecule has 2 aromatic rings. The number of esters is 1. The quantitative estimate of drug-likeness (QED) is 0.731. The predicted molar refractivity (Wildman–Crippen MR) is 95.3 cm³/mol. The van der Waals surface area contributed by atoms with Gasteiger partial charge in [-0.25, -0.2) is 4.79 Å². The summed E-state index contributed by atoms with van der Waals surface area (Å²) in [5.41, 5.74) is -0.0246. The number of methoxy groups -OCH3 is 2. The van der Waals surface area contributed by atoms with Crippen LogP contribution in [0.5, 0.6) is 0 Å². The van der Waals surface area contributed by atoms with E-state index < -0.39 is 35.8 Å². The molecule has 2 rings (SSSR count). The van der Waals surface area contributed by atoms with Crippen LogP contribution in [0.2, 0.25) is 0 Å². The average molecular weight is 395 g/mol. The fourth-order valence-corrected chi connectivity index (χ4v) is 2.72. The summed E-state index contributed by atoms with van der Waals surface area (Å²) in [4.78, 5) is 24.7. The largest absolute Gasteiger partial charge is 0.467 e. The van der Waals surface area contributed by atoms with E-state index in [2.05, 4.69) is 10.1 Å². The number of ether oxygens (including phenoxy) is 2. The molecule has 0 spiro atoms. The molecular formula is C20H20F3NO4. The number of nitrogens with one attached hydrogen (secondary N) is 1. The average Bonchev–Trinajstić information content (AvgIpc) is 2.68. The molecule has 28 heavy (non-hydrogen) atoms. The molecule has 8 heteroatoms. The number of halogens is 3. The maximum absolute atomic E-state index is 12.9. The number of carbonyl (C=O) groups is 2. The fraction of sp³-hybridized carbons (Fsp3) is 0.300. The van der Waals surface area contributed by atoms with Gasteiger partial charge in [0.15, 0.2) is 6.10 Å². The van der Waals surface area contributed by atoms with Crippen molar-refractivity contribution in [3.63, 3.8) is 0 Å². The van der Waals surface area contributed by atoms with Crippen LogP contribution in [0.4, 0.5) is 13.2 Å². The van der Waals surface area contributed by atoms with Crippen molar-refractivity contribution in [2.45, 2.75) is 24.7 Å². The number of hydrogen-bond donors (Lipinski definition) is 1. The van der Waals surface area contributed by atoms with E-state index in [0.29, 0.717) is 5.56 Å². The molecule has 1 N–H and O–H groups in total. The van der Waals surface area contributed by atoms with Gasteiger partial charge < -0.3 is 14.8 Å². The maximum atomic E-state index is 12.9. The molecule has 0 aliphatic heterocycles. The smallest absolute Gasteiger partial charge is 0.416 e. The minimum atomic E-state index is -4.51. The Morgan fingerprint density at radius 3 is 2.29 bits per heavy atom. The Kier molecular flexibility index (Phi) is 7.17. The first kappa shape index (κ1) is 21.4. The van der Waals surface area contributed by atoms with Gasteiger partial charge in [0.2, 0.25) is 0 Å².